The summed E-state index contributed by atoms with van der Waals surface area (Å²) in [5.41, 5.74) is 1.08. The van der Waals surface area contributed by atoms with Gasteiger partial charge in [-0.1, -0.05) is 27.2 Å². The van der Waals surface area contributed by atoms with Gasteiger partial charge in [-0.15, -0.1) is 0 Å². The highest BCUT2D eigenvalue weighted by atomic mass is 19.1. The van der Waals surface area contributed by atoms with Crippen molar-refractivity contribution >= 4 is 5.69 Å². The number of rotatable bonds is 7. The first-order valence-electron chi connectivity index (χ1n) is 11.1. The number of nitrogens with one attached hydrogen (secondary N) is 1. The molecule has 1 saturated carbocycles. The van der Waals surface area contributed by atoms with Crippen LogP contribution >= 0.6 is 0 Å². The highest BCUT2D eigenvalue weighted by Gasteiger charge is 2.32. The van der Waals surface area contributed by atoms with Gasteiger partial charge in [0, 0.05) is 5.69 Å². The Morgan fingerprint density at radius 2 is 1.86 bits per heavy atom. The molecule has 1 aliphatic heterocycles. The predicted octanol–water partition coefficient (Wildman–Crippen LogP) is 2.37. The van der Waals surface area contributed by atoms with E-state index in [0.29, 0.717) is 24.5 Å². The monoisotopic (exact) mass is 393 g/mol. The Balaban J connectivity index is 1.40. The zero-order valence-corrected chi connectivity index (χ0v) is 17.7. The number of aliphatic hydroxyl groups excluding tert-OH is 1. The summed E-state index contributed by atoms with van der Waals surface area (Å²) < 4.78 is 19.3. The number of ether oxygens (including phenoxy) is 1. The SMILES string of the molecule is CC(C)[C@H]1CC[C@H](C)C[C@H]1OC[C@H](O)C[NH+]1CCN(c2ccc(F)cc2)CC1. The number of hydrogen-bond acceptors (Lipinski definition) is 3. The van der Waals surface area contributed by atoms with Crippen molar-refractivity contribution < 1.29 is 19.1 Å². The number of anilines is 1. The fourth-order valence-corrected chi connectivity index (χ4v) is 4.87. The Morgan fingerprint density at radius 3 is 2.50 bits per heavy atom. The fraction of sp³-hybridized carbons (Fsp3) is 0.739. The minimum Gasteiger partial charge on any atom is -0.385 e. The van der Waals surface area contributed by atoms with Crippen LogP contribution in [0.5, 0.6) is 0 Å². The highest BCUT2D eigenvalue weighted by Crippen LogP contribution is 2.35. The van der Waals surface area contributed by atoms with Crippen molar-refractivity contribution in [3.05, 3.63) is 30.1 Å². The molecule has 1 aromatic rings. The maximum atomic E-state index is 13.1. The second-order valence-corrected chi connectivity index (χ2v) is 9.27. The van der Waals surface area contributed by atoms with Gasteiger partial charge in [-0.3, -0.25) is 0 Å². The Kier molecular flexibility index (Phi) is 7.72. The molecule has 4 atom stereocenters. The second kappa shape index (κ2) is 10.0. The molecule has 1 aromatic carbocycles. The molecule has 0 amide bonds. The molecule has 0 spiro atoms. The van der Waals surface area contributed by atoms with E-state index in [-0.39, 0.29) is 5.82 Å². The smallest absolute Gasteiger partial charge is 0.126 e. The number of piperazine rings is 1. The van der Waals surface area contributed by atoms with Crippen LogP contribution in [0.2, 0.25) is 0 Å². The van der Waals surface area contributed by atoms with E-state index in [2.05, 4.69) is 25.7 Å². The molecule has 0 unspecified atom stereocenters. The summed E-state index contributed by atoms with van der Waals surface area (Å²) in [6.07, 6.45) is 3.56. The van der Waals surface area contributed by atoms with Gasteiger partial charge in [-0.05, 0) is 54.9 Å². The molecule has 28 heavy (non-hydrogen) atoms. The zero-order chi connectivity index (χ0) is 20.1. The van der Waals surface area contributed by atoms with E-state index >= 15 is 0 Å². The number of hydrogen-bond donors (Lipinski definition) is 2. The van der Waals surface area contributed by atoms with Gasteiger partial charge in [0.15, 0.2) is 0 Å². The molecule has 1 aliphatic carbocycles. The summed E-state index contributed by atoms with van der Waals surface area (Å²) in [5, 5.41) is 10.5. The zero-order valence-electron chi connectivity index (χ0n) is 17.7. The van der Waals surface area contributed by atoms with Crippen molar-refractivity contribution in [1.29, 1.82) is 0 Å². The minimum atomic E-state index is -0.405. The summed E-state index contributed by atoms with van der Waals surface area (Å²) in [6, 6.07) is 6.73. The fourth-order valence-electron chi connectivity index (χ4n) is 4.87. The number of halogens is 1. The molecule has 158 valence electrons. The largest absolute Gasteiger partial charge is 0.385 e. The van der Waals surface area contributed by atoms with Crippen LogP contribution in [0.15, 0.2) is 24.3 Å². The van der Waals surface area contributed by atoms with Crippen molar-refractivity contribution in [2.45, 2.75) is 52.2 Å². The predicted molar refractivity (Wildman–Crippen MR) is 111 cm³/mol. The normalized spacial score (nSPS) is 27.9. The summed E-state index contributed by atoms with van der Waals surface area (Å²) >= 11 is 0. The van der Waals surface area contributed by atoms with E-state index in [1.807, 2.05) is 12.1 Å². The van der Waals surface area contributed by atoms with Crippen LogP contribution in [0.3, 0.4) is 0 Å². The van der Waals surface area contributed by atoms with Crippen molar-refractivity contribution in [1.82, 2.24) is 0 Å². The maximum Gasteiger partial charge on any atom is 0.126 e. The molecule has 0 bridgehead atoms. The summed E-state index contributed by atoms with van der Waals surface area (Å²) in [6.45, 7) is 11.9. The molecular weight excluding hydrogens is 355 g/mol. The first kappa shape index (κ1) is 21.5. The third kappa shape index (κ3) is 5.91. The van der Waals surface area contributed by atoms with E-state index in [9.17, 15) is 9.50 Å². The number of nitrogens with zero attached hydrogens (tertiary/aromatic N) is 1. The molecule has 4 nitrogen and oxygen atoms in total. The van der Waals surface area contributed by atoms with Crippen molar-refractivity contribution in [2.75, 3.05) is 44.2 Å². The Morgan fingerprint density at radius 1 is 1.18 bits per heavy atom. The average molecular weight is 394 g/mol. The van der Waals surface area contributed by atoms with E-state index in [1.54, 1.807) is 0 Å². The lowest BCUT2D eigenvalue weighted by Gasteiger charge is -2.38. The van der Waals surface area contributed by atoms with Crippen LogP contribution in [-0.2, 0) is 4.74 Å². The van der Waals surface area contributed by atoms with Gasteiger partial charge in [-0.2, -0.15) is 0 Å². The van der Waals surface area contributed by atoms with Crippen LogP contribution in [0.4, 0.5) is 10.1 Å². The van der Waals surface area contributed by atoms with E-state index in [0.717, 1.165) is 50.7 Å². The van der Waals surface area contributed by atoms with Gasteiger partial charge in [0.05, 0.1) is 38.9 Å². The summed E-state index contributed by atoms with van der Waals surface area (Å²) in [4.78, 5) is 3.72. The molecule has 2 aliphatic rings. The first-order valence-corrected chi connectivity index (χ1v) is 11.1. The third-order valence-electron chi connectivity index (χ3n) is 6.65. The van der Waals surface area contributed by atoms with Crippen LogP contribution in [0.1, 0.15) is 40.0 Å². The lowest BCUT2D eigenvalue weighted by molar-refractivity contribution is -0.903. The quantitative estimate of drug-likeness (QED) is 0.747. The molecule has 2 fully saturated rings. The van der Waals surface area contributed by atoms with Gasteiger partial charge in [0.25, 0.3) is 0 Å². The lowest BCUT2D eigenvalue weighted by Crippen LogP contribution is -3.16. The third-order valence-corrected chi connectivity index (χ3v) is 6.65. The molecule has 5 heteroatoms. The summed E-state index contributed by atoms with van der Waals surface area (Å²) in [5.74, 6) is 1.79. The number of benzene rings is 1. The van der Waals surface area contributed by atoms with Crippen molar-refractivity contribution in [3.8, 4) is 0 Å². The van der Waals surface area contributed by atoms with Crippen molar-refractivity contribution in [3.63, 3.8) is 0 Å². The maximum absolute atomic E-state index is 13.1. The van der Waals surface area contributed by atoms with Crippen LogP contribution in [-0.4, -0.2) is 56.6 Å². The molecule has 3 rings (SSSR count). The van der Waals surface area contributed by atoms with E-state index in [1.165, 1.54) is 29.9 Å². The van der Waals surface area contributed by atoms with Crippen LogP contribution < -0.4 is 9.80 Å². The number of aliphatic hydroxyl groups is 1. The number of quaternary nitrogens is 1. The van der Waals surface area contributed by atoms with Gasteiger partial charge in [-0.25, -0.2) is 4.39 Å². The minimum absolute atomic E-state index is 0.191. The van der Waals surface area contributed by atoms with Gasteiger partial charge in [0.2, 0.25) is 0 Å². The Labute approximate surface area is 169 Å². The molecule has 1 saturated heterocycles. The van der Waals surface area contributed by atoms with E-state index in [4.69, 9.17) is 4.74 Å². The van der Waals surface area contributed by atoms with Crippen molar-refractivity contribution in [2.24, 2.45) is 17.8 Å². The summed E-state index contributed by atoms with van der Waals surface area (Å²) in [7, 11) is 0. The van der Waals surface area contributed by atoms with Gasteiger partial charge >= 0.3 is 0 Å². The molecule has 1 heterocycles. The lowest BCUT2D eigenvalue weighted by atomic mass is 9.75. The molecule has 0 aromatic heterocycles. The molecule has 0 radical (unpaired) electrons. The molecular formula is C23H38FN2O2+. The second-order valence-electron chi connectivity index (χ2n) is 9.27. The van der Waals surface area contributed by atoms with Gasteiger partial charge in [0.1, 0.15) is 18.5 Å². The first-order chi connectivity index (χ1) is 13.4. The average Bonchev–Trinajstić information content (AvgIpc) is 2.67. The highest BCUT2D eigenvalue weighted by molar-refractivity contribution is 5.46. The van der Waals surface area contributed by atoms with Gasteiger partial charge < -0.3 is 19.6 Å². The Hall–Kier alpha value is -1.17. The topological polar surface area (TPSA) is 37.1 Å². The molecule has 2 N–H and O–H groups in total. The van der Waals surface area contributed by atoms with Crippen LogP contribution in [0, 0.1) is 23.6 Å². The van der Waals surface area contributed by atoms with E-state index < -0.39 is 6.10 Å². The Bertz CT molecular complexity index is 587. The van der Waals surface area contributed by atoms with Crippen LogP contribution in [0.25, 0.3) is 0 Å². The standard InChI is InChI=1S/C23H37FN2O2/c1-17(2)22-9-4-18(3)14-23(22)28-16-21(27)15-25-10-12-26(13-11-25)20-7-5-19(24)6-8-20/h5-8,17-18,21-23,27H,4,9-16H2,1-3H3/p+1/t18-,21+,22+,23+/m0/s1.